The Kier molecular flexibility index (Phi) is 5.53. The van der Waals surface area contributed by atoms with Crippen LogP contribution in [0.15, 0.2) is 48.7 Å². The van der Waals surface area contributed by atoms with Crippen LogP contribution in [-0.4, -0.2) is 39.5 Å². The van der Waals surface area contributed by atoms with Gasteiger partial charge in [0.05, 0.1) is 18.5 Å². The van der Waals surface area contributed by atoms with Crippen LogP contribution < -0.4 is 10.1 Å². The molecule has 2 saturated heterocycles. The lowest BCUT2D eigenvalue weighted by Crippen LogP contribution is -2.48. The predicted molar refractivity (Wildman–Crippen MR) is 133 cm³/mol. The highest BCUT2D eigenvalue weighted by atomic mass is 16.5. The topological polar surface area (TPSA) is 80.2 Å². The van der Waals surface area contributed by atoms with Crippen molar-refractivity contribution in [1.82, 2.24) is 20.5 Å². The van der Waals surface area contributed by atoms with Crippen molar-refractivity contribution >= 4 is 5.57 Å². The van der Waals surface area contributed by atoms with Crippen molar-refractivity contribution in [3.8, 4) is 34.0 Å². The average molecular weight is 455 g/mol. The molecule has 2 aliphatic heterocycles. The highest BCUT2D eigenvalue weighted by Gasteiger charge is 2.34. The summed E-state index contributed by atoms with van der Waals surface area (Å²) in [6.45, 7) is 0. The molecule has 34 heavy (non-hydrogen) atoms. The standard InChI is InChI=1S/C28H30N4O2/c1-34-27-16-18(10-11-29-27)17-8-9-24(26(33)15-17)25-14-19-4-2-7-23(28(19)32-31-25)20-12-21-5-3-6-22(13-20)30-21/h7-11,14-16,20-22,30,33H,2-6,12-13H2,1H3/t20?,21-,22+. The lowest BCUT2D eigenvalue weighted by atomic mass is 9.74. The average Bonchev–Trinajstić information content (AvgIpc) is 2.87. The first-order valence-corrected chi connectivity index (χ1v) is 12.3. The van der Waals surface area contributed by atoms with Crippen LogP contribution in [0, 0.1) is 5.92 Å². The number of fused-ring (bicyclic) bond motifs is 3. The molecule has 174 valence electrons. The third kappa shape index (κ3) is 3.96. The summed E-state index contributed by atoms with van der Waals surface area (Å²) in [5.41, 5.74) is 6.96. The number of piperidine rings is 2. The Morgan fingerprint density at radius 1 is 1.00 bits per heavy atom. The number of ether oxygens (including phenoxy) is 1. The quantitative estimate of drug-likeness (QED) is 0.566. The summed E-state index contributed by atoms with van der Waals surface area (Å²) < 4.78 is 5.23. The number of allylic oxidation sites excluding steroid dienone is 2. The maximum atomic E-state index is 10.9. The summed E-state index contributed by atoms with van der Waals surface area (Å²) >= 11 is 0. The molecule has 6 heteroatoms. The number of hydrogen-bond donors (Lipinski definition) is 2. The minimum Gasteiger partial charge on any atom is -0.507 e. The molecule has 1 aromatic carbocycles. The van der Waals surface area contributed by atoms with E-state index in [2.05, 4.69) is 27.5 Å². The van der Waals surface area contributed by atoms with Crippen LogP contribution in [0.2, 0.25) is 0 Å². The van der Waals surface area contributed by atoms with Crippen molar-refractivity contribution in [3.05, 3.63) is 59.9 Å². The number of pyridine rings is 1. The number of methoxy groups -OCH3 is 1. The van der Waals surface area contributed by atoms with E-state index in [9.17, 15) is 5.11 Å². The lowest BCUT2D eigenvalue weighted by Gasteiger charge is -2.41. The van der Waals surface area contributed by atoms with Gasteiger partial charge >= 0.3 is 0 Å². The Labute approximate surface area is 200 Å². The lowest BCUT2D eigenvalue weighted by molar-refractivity contribution is 0.213. The minimum absolute atomic E-state index is 0.195. The van der Waals surface area contributed by atoms with Gasteiger partial charge in [0.1, 0.15) is 5.75 Å². The van der Waals surface area contributed by atoms with E-state index in [0.29, 0.717) is 29.4 Å². The van der Waals surface area contributed by atoms with Crippen molar-refractivity contribution in [2.45, 2.75) is 57.0 Å². The Morgan fingerprint density at radius 2 is 1.82 bits per heavy atom. The molecule has 6 rings (SSSR count). The fourth-order valence-electron chi connectivity index (χ4n) is 5.98. The zero-order valence-electron chi connectivity index (χ0n) is 19.5. The molecule has 2 aromatic heterocycles. The second kappa shape index (κ2) is 8.84. The number of rotatable bonds is 4. The smallest absolute Gasteiger partial charge is 0.213 e. The number of benzene rings is 1. The Balaban J connectivity index is 1.28. The van der Waals surface area contributed by atoms with E-state index >= 15 is 0 Å². The van der Waals surface area contributed by atoms with Crippen LogP contribution >= 0.6 is 0 Å². The van der Waals surface area contributed by atoms with E-state index in [4.69, 9.17) is 9.84 Å². The molecule has 3 aromatic rings. The summed E-state index contributed by atoms with van der Waals surface area (Å²) in [6, 6.07) is 12.9. The molecular formula is C28H30N4O2. The van der Waals surface area contributed by atoms with Crippen LogP contribution in [0.5, 0.6) is 11.6 Å². The molecule has 0 amide bonds. The molecule has 3 atom stereocenters. The molecule has 1 aliphatic carbocycles. The minimum atomic E-state index is 0.195. The van der Waals surface area contributed by atoms with Gasteiger partial charge in [0.2, 0.25) is 5.88 Å². The van der Waals surface area contributed by atoms with E-state index in [-0.39, 0.29) is 5.75 Å². The van der Waals surface area contributed by atoms with E-state index < -0.39 is 0 Å². The number of aromatic hydroxyl groups is 1. The molecule has 6 nitrogen and oxygen atoms in total. The zero-order chi connectivity index (χ0) is 23.1. The molecule has 0 spiro atoms. The summed E-state index contributed by atoms with van der Waals surface area (Å²) in [6.07, 6.45) is 12.5. The summed E-state index contributed by atoms with van der Waals surface area (Å²) in [4.78, 5) is 4.16. The van der Waals surface area contributed by atoms with Crippen molar-refractivity contribution in [2.75, 3.05) is 7.11 Å². The maximum absolute atomic E-state index is 10.9. The van der Waals surface area contributed by atoms with Crippen LogP contribution in [0.1, 0.15) is 49.8 Å². The normalized spacial score (nSPS) is 23.7. The fraction of sp³-hybridized carbons (Fsp3) is 0.393. The van der Waals surface area contributed by atoms with Gasteiger partial charge in [0.15, 0.2) is 0 Å². The summed E-state index contributed by atoms with van der Waals surface area (Å²) in [5, 5.41) is 23.9. The second-order valence-corrected chi connectivity index (χ2v) is 9.78. The molecule has 0 radical (unpaired) electrons. The first-order chi connectivity index (χ1) is 16.7. The third-order valence-corrected chi connectivity index (χ3v) is 7.63. The van der Waals surface area contributed by atoms with Gasteiger partial charge in [-0.2, -0.15) is 0 Å². The van der Waals surface area contributed by atoms with Gasteiger partial charge in [-0.3, -0.25) is 0 Å². The van der Waals surface area contributed by atoms with Gasteiger partial charge in [-0.05, 0) is 91.0 Å². The molecule has 1 unspecified atom stereocenters. The SMILES string of the molecule is COc1cc(-c2ccc(-c3cc4c(nn3)C(C3C[C@H]5CCC[C@@H](C3)N5)=CCC4)c(O)c2)ccn1. The molecule has 2 fully saturated rings. The number of hydrogen-bond acceptors (Lipinski definition) is 6. The van der Waals surface area contributed by atoms with E-state index in [1.807, 2.05) is 24.3 Å². The summed E-state index contributed by atoms with van der Waals surface area (Å²) in [5.74, 6) is 1.31. The van der Waals surface area contributed by atoms with Crippen molar-refractivity contribution in [3.63, 3.8) is 0 Å². The number of phenolic OH excluding ortho intramolecular Hbond substituents is 1. The molecular weight excluding hydrogens is 424 g/mol. The van der Waals surface area contributed by atoms with Gasteiger partial charge in [-0.15, -0.1) is 10.2 Å². The Morgan fingerprint density at radius 3 is 2.62 bits per heavy atom. The van der Waals surface area contributed by atoms with Crippen molar-refractivity contribution < 1.29 is 9.84 Å². The third-order valence-electron chi connectivity index (χ3n) is 7.63. The molecule has 4 heterocycles. The molecule has 2 N–H and O–H groups in total. The van der Waals surface area contributed by atoms with Gasteiger partial charge in [0.25, 0.3) is 0 Å². The predicted octanol–water partition coefficient (Wildman–Crippen LogP) is 5.17. The number of nitrogens with one attached hydrogen (secondary N) is 1. The maximum Gasteiger partial charge on any atom is 0.213 e. The fourth-order valence-corrected chi connectivity index (χ4v) is 5.98. The highest BCUT2D eigenvalue weighted by molar-refractivity contribution is 5.76. The Hall–Kier alpha value is -3.25. The van der Waals surface area contributed by atoms with Crippen LogP contribution in [0.4, 0.5) is 0 Å². The number of aromatic nitrogens is 3. The second-order valence-electron chi connectivity index (χ2n) is 9.78. The first-order valence-electron chi connectivity index (χ1n) is 12.3. The molecule has 0 saturated carbocycles. The van der Waals surface area contributed by atoms with Crippen molar-refractivity contribution in [2.24, 2.45) is 5.92 Å². The Bertz CT molecular complexity index is 1240. The number of nitrogens with zero attached hydrogens (tertiary/aromatic N) is 3. The zero-order valence-corrected chi connectivity index (χ0v) is 19.5. The van der Waals surface area contributed by atoms with Gasteiger partial charge in [0, 0.05) is 29.9 Å². The van der Waals surface area contributed by atoms with Crippen molar-refractivity contribution in [1.29, 1.82) is 0 Å². The largest absolute Gasteiger partial charge is 0.507 e. The van der Waals surface area contributed by atoms with Gasteiger partial charge in [-0.1, -0.05) is 18.6 Å². The van der Waals surface area contributed by atoms with Crippen LogP contribution in [0.25, 0.3) is 28.0 Å². The van der Waals surface area contributed by atoms with Crippen LogP contribution in [0.3, 0.4) is 0 Å². The molecule has 3 aliphatic rings. The van der Waals surface area contributed by atoms with E-state index in [0.717, 1.165) is 35.4 Å². The van der Waals surface area contributed by atoms with E-state index in [1.54, 1.807) is 19.4 Å². The number of phenols is 1. The van der Waals surface area contributed by atoms with Gasteiger partial charge < -0.3 is 15.2 Å². The van der Waals surface area contributed by atoms with E-state index in [1.165, 1.54) is 43.2 Å². The first kappa shape index (κ1) is 21.3. The number of aryl methyl sites for hydroxylation is 1. The summed E-state index contributed by atoms with van der Waals surface area (Å²) in [7, 11) is 1.60. The van der Waals surface area contributed by atoms with Gasteiger partial charge in [-0.25, -0.2) is 4.98 Å². The highest BCUT2D eigenvalue weighted by Crippen LogP contribution is 2.41. The monoisotopic (exact) mass is 454 g/mol. The molecule has 2 bridgehead atoms. The van der Waals surface area contributed by atoms with Crippen LogP contribution in [-0.2, 0) is 6.42 Å².